The van der Waals surface area contributed by atoms with E-state index in [1.165, 1.54) is 38.3 Å². The van der Waals surface area contributed by atoms with Crippen LogP contribution in [0.25, 0.3) is 11.3 Å². The number of aliphatic hydroxyl groups is 1. The van der Waals surface area contributed by atoms with Crippen LogP contribution in [0.5, 0.6) is 11.5 Å². The predicted molar refractivity (Wildman–Crippen MR) is 174 cm³/mol. The van der Waals surface area contributed by atoms with Gasteiger partial charge in [0.15, 0.2) is 5.60 Å². The van der Waals surface area contributed by atoms with Gasteiger partial charge in [0.1, 0.15) is 46.7 Å². The first-order chi connectivity index (χ1) is 23.2. The fraction of sp³-hybridized carbons (Fsp3) is 0.265. The molecule has 2 aromatic heterocycles. The van der Waals surface area contributed by atoms with Crippen molar-refractivity contribution in [1.82, 2.24) is 15.3 Å². The number of nitrogens with zero attached hydrogens (tertiary/aromatic N) is 3. The molecule has 1 unspecified atom stereocenters. The van der Waals surface area contributed by atoms with E-state index >= 15 is 4.39 Å². The standard InChI is InChI=1S/C34H30ClF3N6O5/c1-33(32(40)46)15-49-30-21(33)10-27(44-29(30)20-9-22(35)24(38)11-23(20)37)34(47,26-6-3-18(36)13-42-26)14-43-31(45)16-7-17(12-41-19-4-5-19)28(39)25(8-16)48-2/h3,6-13,19,47H,4-5,14-15,39H2,1-2H3,(H2,40,46)(H,43,45)/t33-,34?/m0/s1. The highest BCUT2D eigenvalue weighted by Gasteiger charge is 2.46. The number of carbonyl (C=O) groups excluding carboxylic acids is 2. The minimum Gasteiger partial charge on any atom is -0.495 e. The topological polar surface area (TPSA) is 175 Å². The summed E-state index contributed by atoms with van der Waals surface area (Å²) in [7, 11) is 1.39. The molecule has 6 rings (SSSR count). The van der Waals surface area contributed by atoms with Gasteiger partial charge in [-0.05, 0) is 56.2 Å². The number of aliphatic imine (C=N–C) groups is 1. The molecule has 0 bridgehead atoms. The van der Waals surface area contributed by atoms with Crippen molar-refractivity contribution in [3.8, 4) is 22.8 Å². The average molecular weight is 695 g/mol. The van der Waals surface area contributed by atoms with E-state index in [9.17, 15) is 23.5 Å². The molecule has 2 aliphatic rings. The highest BCUT2D eigenvalue weighted by Crippen LogP contribution is 2.47. The number of rotatable bonds is 10. The molecule has 2 aromatic carbocycles. The number of nitrogens with two attached hydrogens (primary N) is 2. The molecule has 49 heavy (non-hydrogen) atoms. The summed E-state index contributed by atoms with van der Waals surface area (Å²) in [6.07, 6.45) is 4.32. The molecule has 6 N–H and O–H groups in total. The van der Waals surface area contributed by atoms with Gasteiger partial charge in [-0.15, -0.1) is 0 Å². The van der Waals surface area contributed by atoms with Gasteiger partial charge in [0.25, 0.3) is 5.91 Å². The summed E-state index contributed by atoms with van der Waals surface area (Å²) in [5.41, 5.74) is 8.12. The Morgan fingerprint density at radius 2 is 1.94 bits per heavy atom. The first kappa shape index (κ1) is 33.7. The van der Waals surface area contributed by atoms with E-state index in [2.05, 4.69) is 20.3 Å². The molecule has 254 valence electrons. The van der Waals surface area contributed by atoms with Crippen LogP contribution in [-0.4, -0.2) is 59.4 Å². The molecule has 0 spiro atoms. The van der Waals surface area contributed by atoms with E-state index in [1.807, 2.05) is 0 Å². The van der Waals surface area contributed by atoms with Crippen molar-refractivity contribution >= 4 is 35.3 Å². The molecule has 1 aliphatic heterocycles. The van der Waals surface area contributed by atoms with Crippen molar-refractivity contribution in [3.05, 3.63) is 99.2 Å². The van der Waals surface area contributed by atoms with E-state index < -0.39 is 51.8 Å². The molecule has 11 nitrogen and oxygen atoms in total. The van der Waals surface area contributed by atoms with Crippen LogP contribution in [-0.2, 0) is 15.8 Å². The van der Waals surface area contributed by atoms with E-state index in [0.29, 0.717) is 11.6 Å². The molecule has 2 atom stereocenters. The normalized spacial score (nSPS) is 18.1. The molecule has 1 aliphatic carbocycles. The Balaban J connectivity index is 1.48. The molecule has 2 amide bonds. The van der Waals surface area contributed by atoms with Crippen LogP contribution in [0.1, 0.15) is 52.6 Å². The average Bonchev–Trinajstić information content (AvgIpc) is 3.85. The summed E-state index contributed by atoms with van der Waals surface area (Å²) in [4.78, 5) is 39.3. The molecular weight excluding hydrogens is 665 g/mol. The zero-order valence-electron chi connectivity index (χ0n) is 26.2. The zero-order valence-corrected chi connectivity index (χ0v) is 26.9. The Morgan fingerprint density at radius 1 is 1.18 bits per heavy atom. The summed E-state index contributed by atoms with van der Waals surface area (Å²) in [6.45, 7) is 0.606. The van der Waals surface area contributed by atoms with Crippen LogP contribution >= 0.6 is 11.6 Å². The number of nitrogens with one attached hydrogen (secondary N) is 1. The number of methoxy groups -OCH3 is 1. The maximum atomic E-state index is 15.3. The first-order valence-corrected chi connectivity index (χ1v) is 15.4. The quantitative estimate of drug-likeness (QED) is 0.109. The largest absolute Gasteiger partial charge is 0.495 e. The summed E-state index contributed by atoms with van der Waals surface area (Å²) in [5.74, 6) is -4.14. The number of aromatic nitrogens is 2. The Bertz CT molecular complexity index is 2030. The zero-order chi connectivity index (χ0) is 35.2. The van der Waals surface area contributed by atoms with E-state index in [-0.39, 0.29) is 63.6 Å². The predicted octanol–water partition coefficient (Wildman–Crippen LogP) is 4.19. The SMILES string of the molecule is COc1cc(C(=O)NCC(O)(c2ccc(F)cn2)c2cc3c(c(-c4cc(Cl)c(F)cc4F)n2)OC[C@]3(C)C(N)=O)cc(C=NC2CC2)c1N. The van der Waals surface area contributed by atoms with Gasteiger partial charge < -0.3 is 31.4 Å². The lowest BCUT2D eigenvalue weighted by molar-refractivity contribution is -0.123. The Kier molecular flexibility index (Phi) is 8.71. The lowest BCUT2D eigenvalue weighted by Gasteiger charge is -2.29. The number of benzene rings is 2. The van der Waals surface area contributed by atoms with Crippen molar-refractivity contribution in [2.75, 3.05) is 26.0 Å². The van der Waals surface area contributed by atoms with Crippen LogP contribution in [0.3, 0.4) is 0 Å². The molecule has 0 radical (unpaired) electrons. The van der Waals surface area contributed by atoms with Gasteiger partial charge >= 0.3 is 0 Å². The van der Waals surface area contributed by atoms with Gasteiger partial charge in [0.05, 0.1) is 48.0 Å². The fourth-order valence-electron chi connectivity index (χ4n) is 5.39. The third kappa shape index (κ3) is 6.24. The smallest absolute Gasteiger partial charge is 0.251 e. The van der Waals surface area contributed by atoms with E-state index in [1.54, 1.807) is 6.21 Å². The lowest BCUT2D eigenvalue weighted by Crippen LogP contribution is -2.44. The van der Waals surface area contributed by atoms with Crippen molar-refractivity contribution in [3.63, 3.8) is 0 Å². The third-order valence-corrected chi connectivity index (χ3v) is 8.88. The minimum absolute atomic E-state index is 0.0561. The molecule has 3 heterocycles. The number of anilines is 1. The van der Waals surface area contributed by atoms with Crippen LogP contribution in [0, 0.1) is 17.5 Å². The molecule has 4 aromatic rings. The summed E-state index contributed by atoms with van der Waals surface area (Å²) >= 11 is 6.01. The van der Waals surface area contributed by atoms with Crippen molar-refractivity contribution in [2.45, 2.75) is 36.8 Å². The van der Waals surface area contributed by atoms with Crippen molar-refractivity contribution in [1.29, 1.82) is 0 Å². The summed E-state index contributed by atoms with van der Waals surface area (Å²) in [6, 6.07) is 8.18. The lowest BCUT2D eigenvalue weighted by atomic mass is 9.81. The maximum absolute atomic E-state index is 15.3. The number of hydrogen-bond donors (Lipinski definition) is 4. The maximum Gasteiger partial charge on any atom is 0.251 e. The van der Waals surface area contributed by atoms with E-state index in [0.717, 1.165) is 31.2 Å². The van der Waals surface area contributed by atoms with Crippen LogP contribution < -0.4 is 26.3 Å². The van der Waals surface area contributed by atoms with Crippen molar-refractivity contribution in [2.24, 2.45) is 10.7 Å². The molecule has 1 saturated carbocycles. The fourth-order valence-corrected chi connectivity index (χ4v) is 5.56. The van der Waals surface area contributed by atoms with Gasteiger partial charge in [0, 0.05) is 34.5 Å². The minimum atomic E-state index is -2.34. The molecular formula is C34H30ClF3N6O5. The number of amides is 2. The van der Waals surface area contributed by atoms with Gasteiger partial charge in [-0.1, -0.05) is 11.6 Å². The number of nitrogen functional groups attached to an aromatic ring is 1. The number of fused-ring (bicyclic) bond motifs is 1. The summed E-state index contributed by atoms with van der Waals surface area (Å²) < 4.78 is 54.7. The Labute approximate surface area is 283 Å². The number of ether oxygens (including phenoxy) is 2. The molecule has 1 fully saturated rings. The van der Waals surface area contributed by atoms with Crippen LogP contribution in [0.2, 0.25) is 5.02 Å². The third-order valence-electron chi connectivity index (χ3n) is 8.59. The molecule has 0 saturated heterocycles. The Hall–Kier alpha value is -5.21. The second-order valence-corrected chi connectivity index (χ2v) is 12.5. The van der Waals surface area contributed by atoms with Gasteiger partial charge in [-0.25, -0.2) is 18.2 Å². The first-order valence-electron chi connectivity index (χ1n) is 15.0. The summed E-state index contributed by atoms with van der Waals surface area (Å²) in [5, 5.41) is 14.6. The van der Waals surface area contributed by atoms with Gasteiger partial charge in [-0.3, -0.25) is 19.6 Å². The second kappa shape index (κ2) is 12.7. The van der Waals surface area contributed by atoms with Crippen LogP contribution in [0.4, 0.5) is 18.9 Å². The van der Waals surface area contributed by atoms with Gasteiger partial charge in [0.2, 0.25) is 5.91 Å². The Morgan fingerprint density at radius 3 is 2.59 bits per heavy atom. The van der Waals surface area contributed by atoms with Crippen LogP contribution in [0.15, 0.2) is 53.7 Å². The number of primary amides is 1. The van der Waals surface area contributed by atoms with E-state index in [4.69, 9.17) is 32.5 Å². The number of hydrogen-bond acceptors (Lipinski definition) is 9. The number of halogens is 4. The second-order valence-electron chi connectivity index (χ2n) is 12.1. The highest BCUT2D eigenvalue weighted by molar-refractivity contribution is 6.31. The number of pyridine rings is 2. The monoisotopic (exact) mass is 694 g/mol. The molecule has 15 heteroatoms. The highest BCUT2D eigenvalue weighted by atomic mass is 35.5. The number of carbonyl (C=O) groups is 2. The van der Waals surface area contributed by atoms with Crippen molar-refractivity contribution < 1.29 is 37.3 Å². The van der Waals surface area contributed by atoms with Gasteiger partial charge in [-0.2, -0.15) is 0 Å².